The van der Waals surface area contributed by atoms with Gasteiger partial charge in [-0.3, -0.25) is 0 Å². The first-order valence-corrected chi connectivity index (χ1v) is 5.69. The summed E-state index contributed by atoms with van der Waals surface area (Å²) in [7, 11) is 0. The van der Waals surface area contributed by atoms with E-state index in [1.807, 2.05) is 20.8 Å². The van der Waals surface area contributed by atoms with E-state index in [2.05, 4.69) is 15.3 Å². The van der Waals surface area contributed by atoms with Crippen LogP contribution in [-0.2, 0) is 12.7 Å². The Morgan fingerprint density at radius 3 is 2.47 bits per heavy atom. The summed E-state index contributed by atoms with van der Waals surface area (Å²) in [6.07, 6.45) is -4.45. The fourth-order valence-electron chi connectivity index (χ4n) is 1.32. The van der Waals surface area contributed by atoms with Gasteiger partial charge in [0.15, 0.2) is 5.96 Å². The highest BCUT2D eigenvalue weighted by Gasteiger charge is 2.32. The molecular formula is C12H17F3N4. The minimum atomic E-state index is -4.45. The summed E-state index contributed by atoms with van der Waals surface area (Å²) < 4.78 is 37.4. The van der Waals surface area contributed by atoms with E-state index in [1.54, 1.807) is 0 Å². The summed E-state index contributed by atoms with van der Waals surface area (Å²) in [5.41, 5.74) is 4.65. The van der Waals surface area contributed by atoms with E-state index in [9.17, 15) is 13.2 Å². The number of pyridine rings is 1. The summed E-state index contributed by atoms with van der Waals surface area (Å²) in [5, 5.41) is 2.91. The second kappa shape index (κ2) is 5.46. The highest BCUT2D eigenvalue weighted by atomic mass is 19.4. The zero-order valence-corrected chi connectivity index (χ0v) is 11.0. The van der Waals surface area contributed by atoms with Crippen LogP contribution in [0.15, 0.2) is 23.2 Å². The molecule has 0 radical (unpaired) electrons. The van der Waals surface area contributed by atoms with Gasteiger partial charge in [0.1, 0.15) is 5.69 Å². The van der Waals surface area contributed by atoms with Crippen molar-refractivity contribution in [3.05, 3.63) is 29.6 Å². The lowest BCUT2D eigenvalue weighted by atomic mass is 10.1. The smallest absolute Gasteiger partial charge is 0.370 e. The maximum absolute atomic E-state index is 12.5. The number of nitrogens with zero attached hydrogens (tertiary/aromatic N) is 2. The third-order valence-corrected chi connectivity index (χ3v) is 2.01. The predicted molar refractivity (Wildman–Crippen MR) is 67.5 cm³/mol. The topological polar surface area (TPSA) is 63.3 Å². The van der Waals surface area contributed by atoms with Crippen LogP contribution in [0.3, 0.4) is 0 Å². The van der Waals surface area contributed by atoms with Gasteiger partial charge in [-0.25, -0.2) is 9.98 Å². The van der Waals surface area contributed by atoms with Crippen molar-refractivity contribution in [2.45, 2.75) is 39.0 Å². The van der Waals surface area contributed by atoms with Crippen LogP contribution in [0.1, 0.15) is 32.2 Å². The molecule has 1 aromatic rings. The Balaban J connectivity index is 2.76. The van der Waals surface area contributed by atoms with Crippen LogP contribution in [0.2, 0.25) is 0 Å². The van der Waals surface area contributed by atoms with E-state index in [-0.39, 0.29) is 23.7 Å². The Kier molecular flexibility index (Phi) is 4.39. The summed E-state index contributed by atoms with van der Waals surface area (Å²) in [6.45, 7) is 5.70. The molecule has 0 aliphatic heterocycles. The third kappa shape index (κ3) is 5.58. The Morgan fingerprint density at radius 2 is 1.95 bits per heavy atom. The summed E-state index contributed by atoms with van der Waals surface area (Å²) in [4.78, 5) is 7.45. The number of rotatable bonds is 2. The molecule has 0 saturated heterocycles. The first-order valence-electron chi connectivity index (χ1n) is 5.69. The van der Waals surface area contributed by atoms with Crippen LogP contribution in [0.25, 0.3) is 0 Å². The number of hydrogen-bond acceptors (Lipinski definition) is 2. The number of aromatic nitrogens is 1. The van der Waals surface area contributed by atoms with Crippen LogP contribution in [-0.4, -0.2) is 16.5 Å². The SMILES string of the molecule is CC(C)(C)NC(N)=NCc1cccc(C(F)(F)F)n1. The van der Waals surface area contributed by atoms with Crippen LogP contribution >= 0.6 is 0 Å². The zero-order chi connectivity index (χ0) is 14.7. The van der Waals surface area contributed by atoms with Gasteiger partial charge in [-0.05, 0) is 32.9 Å². The van der Waals surface area contributed by atoms with Crippen molar-refractivity contribution < 1.29 is 13.2 Å². The number of alkyl halides is 3. The fraction of sp³-hybridized carbons (Fsp3) is 0.500. The van der Waals surface area contributed by atoms with Gasteiger partial charge in [0.25, 0.3) is 0 Å². The van der Waals surface area contributed by atoms with Gasteiger partial charge in [0.05, 0.1) is 12.2 Å². The highest BCUT2D eigenvalue weighted by molar-refractivity contribution is 5.78. The maximum atomic E-state index is 12.5. The normalized spacial score (nSPS) is 13.5. The standard InChI is InChI=1S/C12H17F3N4/c1-11(2,3)19-10(16)17-7-8-5-4-6-9(18-8)12(13,14)15/h4-6H,7H2,1-3H3,(H3,16,17,19). The van der Waals surface area contributed by atoms with Crippen LogP contribution < -0.4 is 11.1 Å². The lowest BCUT2D eigenvalue weighted by molar-refractivity contribution is -0.141. The molecule has 0 unspecified atom stereocenters. The molecule has 0 aliphatic carbocycles. The minimum Gasteiger partial charge on any atom is -0.370 e. The number of nitrogens with one attached hydrogen (secondary N) is 1. The van der Waals surface area contributed by atoms with Crippen molar-refractivity contribution in [3.8, 4) is 0 Å². The Hall–Kier alpha value is -1.79. The molecule has 4 nitrogen and oxygen atoms in total. The molecule has 0 amide bonds. The van der Waals surface area contributed by atoms with Crippen LogP contribution in [0.5, 0.6) is 0 Å². The van der Waals surface area contributed by atoms with Gasteiger partial charge >= 0.3 is 6.18 Å². The second-order valence-electron chi connectivity index (χ2n) is 5.09. The van der Waals surface area contributed by atoms with Gasteiger partial charge in [-0.2, -0.15) is 13.2 Å². The fourth-order valence-corrected chi connectivity index (χ4v) is 1.32. The summed E-state index contributed by atoms with van der Waals surface area (Å²) >= 11 is 0. The molecule has 1 aromatic heterocycles. The molecule has 0 bridgehead atoms. The molecule has 1 rings (SSSR count). The molecule has 0 spiro atoms. The number of halogens is 3. The third-order valence-electron chi connectivity index (χ3n) is 2.01. The molecule has 106 valence electrons. The number of nitrogens with two attached hydrogens (primary N) is 1. The van der Waals surface area contributed by atoms with Crippen molar-refractivity contribution >= 4 is 5.96 Å². The Bertz CT molecular complexity index is 461. The molecule has 3 N–H and O–H groups in total. The van der Waals surface area contributed by atoms with Gasteiger partial charge in [0.2, 0.25) is 0 Å². The van der Waals surface area contributed by atoms with Gasteiger partial charge in [-0.1, -0.05) is 6.07 Å². The summed E-state index contributed by atoms with van der Waals surface area (Å²) in [6, 6.07) is 3.70. The average Bonchev–Trinajstić information content (AvgIpc) is 2.23. The number of aliphatic imine (C=N–C) groups is 1. The van der Waals surface area contributed by atoms with E-state index < -0.39 is 11.9 Å². The monoisotopic (exact) mass is 274 g/mol. The largest absolute Gasteiger partial charge is 0.433 e. The molecule has 0 saturated carbocycles. The van der Waals surface area contributed by atoms with Gasteiger partial charge < -0.3 is 11.1 Å². The number of hydrogen-bond donors (Lipinski definition) is 2. The van der Waals surface area contributed by atoms with Gasteiger partial charge in [-0.15, -0.1) is 0 Å². The predicted octanol–water partition coefficient (Wildman–Crippen LogP) is 2.30. The van der Waals surface area contributed by atoms with E-state index in [0.29, 0.717) is 0 Å². The minimum absolute atomic E-state index is 0.00116. The quantitative estimate of drug-likeness (QED) is 0.642. The average molecular weight is 274 g/mol. The van der Waals surface area contributed by atoms with Crippen molar-refractivity contribution in [1.29, 1.82) is 0 Å². The van der Waals surface area contributed by atoms with Crippen molar-refractivity contribution in [2.24, 2.45) is 10.7 Å². The molecule has 7 heteroatoms. The molecule has 19 heavy (non-hydrogen) atoms. The first kappa shape index (κ1) is 15.3. The van der Waals surface area contributed by atoms with Gasteiger partial charge in [0, 0.05) is 5.54 Å². The lowest BCUT2D eigenvalue weighted by Crippen LogP contribution is -2.45. The van der Waals surface area contributed by atoms with Crippen LogP contribution in [0.4, 0.5) is 13.2 Å². The lowest BCUT2D eigenvalue weighted by Gasteiger charge is -2.20. The molecular weight excluding hydrogens is 257 g/mol. The molecule has 0 aliphatic rings. The molecule has 0 fully saturated rings. The van der Waals surface area contributed by atoms with Crippen molar-refractivity contribution in [3.63, 3.8) is 0 Å². The van der Waals surface area contributed by atoms with E-state index >= 15 is 0 Å². The number of guanidine groups is 1. The molecule has 1 heterocycles. The second-order valence-corrected chi connectivity index (χ2v) is 5.09. The van der Waals surface area contributed by atoms with E-state index in [4.69, 9.17) is 5.73 Å². The Morgan fingerprint density at radius 1 is 1.32 bits per heavy atom. The van der Waals surface area contributed by atoms with E-state index in [1.165, 1.54) is 12.1 Å². The molecule has 0 aromatic carbocycles. The maximum Gasteiger partial charge on any atom is 0.433 e. The van der Waals surface area contributed by atoms with Crippen molar-refractivity contribution in [2.75, 3.05) is 0 Å². The summed E-state index contributed by atoms with van der Waals surface area (Å²) in [5.74, 6) is 0.173. The zero-order valence-electron chi connectivity index (χ0n) is 11.0. The Labute approximate surface area is 109 Å². The first-order chi connectivity index (χ1) is 8.58. The van der Waals surface area contributed by atoms with Crippen LogP contribution in [0, 0.1) is 0 Å². The molecule has 0 atom stereocenters. The van der Waals surface area contributed by atoms with E-state index in [0.717, 1.165) is 6.07 Å². The van der Waals surface area contributed by atoms with Crippen molar-refractivity contribution in [1.82, 2.24) is 10.3 Å². The highest BCUT2D eigenvalue weighted by Crippen LogP contribution is 2.27.